The molecule has 0 saturated heterocycles. The van der Waals surface area contributed by atoms with Crippen LogP contribution in [0, 0.1) is 13.8 Å². The normalized spacial score (nSPS) is 20.9. The SMILES string of the molecule is Cc1ccccc1[C]1([Zr+2][C]2(c3ccccc3C)C=Cc3ccccc32)C=Cc2ccccc21.[Cl-].[Cl-]. The first kappa shape index (κ1) is 25.9. The van der Waals surface area contributed by atoms with Gasteiger partial charge in [0, 0.05) is 0 Å². The number of aryl methyl sites for hydroxylation is 2. The van der Waals surface area contributed by atoms with Crippen LogP contribution in [0.4, 0.5) is 0 Å². The molecule has 2 unspecified atom stereocenters. The van der Waals surface area contributed by atoms with E-state index in [-0.39, 0.29) is 31.1 Å². The van der Waals surface area contributed by atoms with Gasteiger partial charge < -0.3 is 24.8 Å². The molecule has 0 amide bonds. The summed E-state index contributed by atoms with van der Waals surface area (Å²) in [7, 11) is 0. The molecule has 0 saturated carbocycles. The number of halogens is 2. The number of rotatable bonds is 4. The van der Waals surface area contributed by atoms with Crippen molar-refractivity contribution in [3.8, 4) is 0 Å². The molecule has 0 heterocycles. The Labute approximate surface area is 232 Å². The Bertz CT molecular complexity index is 1330. The minimum atomic E-state index is -1.29. The van der Waals surface area contributed by atoms with Crippen molar-refractivity contribution in [2.45, 2.75) is 20.1 Å². The van der Waals surface area contributed by atoms with E-state index in [2.05, 4.69) is 135 Å². The fourth-order valence-corrected chi connectivity index (χ4v) is 11.9. The van der Waals surface area contributed by atoms with Gasteiger partial charge in [-0.05, 0) is 0 Å². The summed E-state index contributed by atoms with van der Waals surface area (Å²) in [4.78, 5) is 0. The molecule has 172 valence electrons. The Morgan fingerprint density at radius 2 is 0.800 bits per heavy atom. The minimum Gasteiger partial charge on any atom is -1.00 e. The number of allylic oxidation sites excluding steroid dienone is 2. The summed E-state index contributed by atoms with van der Waals surface area (Å²) < 4.78 is -0.0647. The Morgan fingerprint density at radius 3 is 1.20 bits per heavy atom. The molecule has 6 rings (SSSR count). The van der Waals surface area contributed by atoms with Crippen LogP contribution in [0.3, 0.4) is 0 Å². The summed E-state index contributed by atoms with van der Waals surface area (Å²) >= 11 is -1.29. The maximum atomic E-state index is 2.54. The summed E-state index contributed by atoms with van der Waals surface area (Å²) in [5.41, 5.74) is 11.4. The second kappa shape index (κ2) is 10.1. The molecule has 2 aliphatic carbocycles. The van der Waals surface area contributed by atoms with E-state index in [1.807, 2.05) is 0 Å². The van der Waals surface area contributed by atoms with Crippen molar-refractivity contribution < 1.29 is 48.0 Å². The molecule has 0 radical (unpaired) electrons. The van der Waals surface area contributed by atoms with Crippen LogP contribution in [0.1, 0.15) is 44.5 Å². The van der Waals surface area contributed by atoms with Crippen LogP contribution < -0.4 is 24.8 Å². The van der Waals surface area contributed by atoms with E-state index in [0.29, 0.717) is 0 Å². The molecule has 3 heteroatoms. The molecular weight excluding hydrogens is 546 g/mol. The van der Waals surface area contributed by atoms with Crippen molar-refractivity contribution in [3.63, 3.8) is 0 Å². The van der Waals surface area contributed by atoms with Crippen LogP contribution in [0.25, 0.3) is 12.2 Å². The molecule has 0 fully saturated rings. The third-order valence-corrected chi connectivity index (χ3v) is 12.7. The third-order valence-electron chi connectivity index (χ3n) is 7.33. The largest absolute Gasteiger partial charge is 1.00 e. The van der Waals surface area contributed by atoms with Crippen molar-refractivity contribution in [2.75, 3.05) is 0 Å². The number of fused-ring (bicyclic) bond motifs is 2. The Balaban J connectivity index is 0.00000144. The van der Waals surface area contributed by atoms with Gasteiger partial charge in [-0.25, -0.2) is 0 Å². The van der Waals surface area contributed by atoms with Crippen molar-refractivity contribution in [1.29, 1.82) is 0 Å². The van der Waals surface area contributed by atoms with Crippen LogP contribution in [-0.4, -0.2) is 0 Å². The summed E-state index contributed by atoms with van der Waals surface area (Å²) in [5.74, 6) is 0. The Morgan fingerprint density at radius 1 is 0.457 bits per heavy atom. The average Bonchev–Trinajstić information content (AvgIpc) is 3.40. The molecule has 35 heavy (non-hydrogen) atoms. The smallest absolute Gasteiger partial charge is 1.00 e. The number of benzene rings is 4. The van der Waals surface area contributed by atoms with Gasteiger partial charge in [-0.2, -0.15) is 0 Å². The van der Waals surface area contributed by atoms with E-state index in [4.69, 9.17) is 0 Å². The van der Waals surface area contributed by atoms with E-state index in [9.17, 15) is 0 Å². The van der Waals surface area contributed by atoms with Crippen LogP contribution in [0.5, 0.6) is 0 Å². The van der Waals surface area contributed by atoms with Gasteiger partial charge in [0.05, 0.1) is 0 Å². The second-order valence-corrected chi connectivity index (χ2v) is 13.7. The fraction of sp³-hybridized carbons (Fsp3) is 0.125. The standard InChI is InChI=1S/2C16H13.2ClH.Zr/c2*1-12-6-2-4-8-14(12)16-11-10-13-7-3-5-9-15(13)16;;;/h2*2-11H,1H3;2*1H;/q;;;;+2/p-2. The summed E-state index contributed by atoms with van der Waals surface area (Å²) in [6.07, 6.45) is 9.83. The van der Waals surface area contributed by atoms with Gasteiger partial charge in [0.1, 0.15) is 0 Å². The molecule has 0 spiro atoms. The first-order valence-electron chi connectivity index (χ1n) is 11.6. The van der Waals surface area contributed by atoms with Crippen molar-refractivity contribution in [1.82, 2.24) is 0 Å². The monoisotopic (exact) mass is 570 g/mol. The maximum absolute atomic E-state index is 2.54. The maximum Gasteiger partial charge on any atom is -1.00 e. The average molecular weight is 573 g/mol. The van der Waals surface area contributed by atoms with E-state index in [0.717, 1.165) is 0 Å². The molecule has 0 bridgehead atoms. The molecule has 2 aliphatic rings. The zero-order valence-electron chi connectivity index (χ0n) is 19.8. The first-order chi connectivity index (χ1) is 16.1. The van der Waals surface area contributed by atoms with Crippen LogP contribution in [0.15, 0.2) is 109 Å². The molecule has 0 aliphatic heterocycles. The number of hydrogen-bond donors (Lipinski definition) is 0. The first-order valence-corrected chi connectivity index (χ1v) is 14.1. The molecular formula is C32H26Cl2Zr. The number of hydrogen-bond acceptors (Lipinski definition) is 0. The Kier molecular flexibility index (Phi) is 7.44. The molecule has 4 aromatic carbocycles. The van der Waals surface area contributed by atoms with E-state index < -0.39 is 23.2 Å². The zero-order valence-corrected chi connectivity index (χ0v) is 23.8. The van der Waals surface area contributed by atoms with E-state index in [1.54, 1.807) is 0 Å². The van der Waals surface area contributed by atoms with E-state index >= 15 is 0 Å². The van der Waals surface area contributed by atoms with Gasteiger partial charge in [-0.1, -0.05) is 0 Å². The van der Waals surface area contributed by atoms with Gasteiger partial charge in [-0.3, -0.25) is 0 Å². The predicted octanol–water partition coefficient (Wildman–Crippen LogP) is 1.63. The quantitative estimate of drug-likeness (QED) is 0.349. The molecule has 0 N–H and O–H groups in total. The van der Waals surface area contributed by atoms with Gasteiger partial charge in [-0.15, -0.1) is 0 Å². The molecule has 0 nitrogen and oxygen atoms in total. The van der Waals surface area contributed by atoms with Crippen molar-refractivity contribution >= 4 is 12.2 Å². The van der Waals surface area contributed by atoms with Crippen LogP contribution >= 0.6 is 0 Å². The van der Waals surface area contributed by atoms with Crippen LogP contribution in [0.2, 0.25) is 0 Å². The van der Waals surface area contributed by atoms with Crippen LogP contribution in [-0.2, 0) is 29.5 Å². The Hall–Kier alpha value is -2.18. The van der Waals surface area contributed by atoms with Gasteiger partial charge in [0.2, 0.25) is 0 Å². The minimum absolute atomic E-state index is 0. The molecule has 4 aromatic rings. The third kappa shape index (κ3) is 4.03. The fourth-order valence-electron chi connectivity index (χ4n) is 5.78. The van der Waals surface area contributed by atoms with Gasteiger partial charge in [0.25, 0.3) is 0 Å². The van der Waals surface area contributed by atoms with E-state index in [1.165, 1.54) is 44.5 Å². The summed E-state index contributed by atoms with van der Waals surface area (Å²) in [6.45, 7) is 4.56. The molecule has 0 aromatic heterocycles. The summed E-state index contributed by atoms with van der Waals surface area (Å²) in [6, 6.07) is 36.2. The summed E-state index contributed by atoms with van der Waals surface area (Å²) in [5, 5.41) is 0. The zero-order chi connectivity index (χ0) is 22.5. The van der Waals surface area contributed by atoms with Gasteiger partial charge >= 0.3 is 209 Å². The molecule has 2 atom stereocenters. The van der Waals surface area contributed by atoms with Crippen molar-refractivity contribution in [2.24, 2.45) is 0 Å². The topological polar surface area (TPSA) is 0 Å². The second-order valence-electron chi connectivity index (χ2n) is 9.21. The van der Waals surface area contributed by atoms with Crippen molar-refractivity contribution in [3.05, 3.63) is 154 Å². The predicted molar refractivity (Wildman–Crippen MR) is 135 cm³/mol. The van der Waals surface area contributed by atoms with Gasteiger partial charge in [0.15, 0.2) is 0 Å².